The molecular weight excluding hydrogens is 474 g/mol. The second kappa shape index (κ2) is 14.0. The number of nitrogens with one attached hydrogen (secondary N) is 1. The first-order valence-electron chi connectivity index (χ1n) is 12.4. The van der Waals surface area contributed by atoms with Crippen LogP contribution in [0.1, 0.15) is 57.9 Å². The average molecular weight is 515 g/mol. The van der Waals surface area contributed by atoms with Gasteiger partial charge >= 0.3 is 6.09 Å². The molecule has 4 rings (SSSR count). The maximum atomic E-state index is 14.3. The number of carbonyl (C=O) groups excluding carboxylic acids is 1. The molecule has 0 spiro atoms. The molecule has 7 nitrogen and oxygen atoms in total. The van der Waals surface area contributed by atoms with Crippen molar-refractivity contribution in [3.63, 3.8) is 0 Å². The standard InChI is InChI=1S/C16H21F2N3.C9H17NO3.H2S/c17-14-10-16(21-7-3-13(19)4-8-21)15(18)9-12(14)11-20-5-1-2-6-20;1-7(2)13-9(12)10-5-3-8(11)4-6-10;/h9-10,19H,1-8,11H2;7-8,11H,3-6H2,1-2H3;1H2. The molecule has 0 aliphatic carbocycles. The van der Waals surface area contributed by atoms with Gasteiger partial charge in [-0.1, -0.05) is 0 Å². The average Bonchev–Trinajstić information content (AvgIpc) is 3.30. The van der Waals surface area contributed by atoms with Crippen LogP contribution in [-0.2, 0) is 11.3 Å². The Morgan fingerprint density at radius 2 is 1.66 bits per heavy atom. The van der Waals surface area contributed by atoms with Crippen molar-refractivity contribution in [3.05, 3.63) is 29.3 Å². The summed E-state index contributed by atoms with van der Waals surface area (Å²) in [4.78, 5) is 17.0. The van der Waals surface area contributed by atoms with Crippen molar-refractivity contribution in [1.29, 1.82) is 5.41 Å². The van der Waals surface area contributed by atoms with Crippen LogP contribution in [-0.4, -0.2) is 78.2 Å². The fraction of sp³-hybridized carbons (Fsp3) is 0.680. The van der Waals surface area contributed by atoms with Gasteiger partial charge in [-0.3, -0.25) is 4.90 Å². The molecule has 0 atom stereocenters. The van der Waals surface area contributed by atoms with E-state index in [1.165, 1.54) is 12.1 Å². The van der Waals surface area contributed by atoms with Crippen LogP contribution in [0.25, 0.3) is 0 Å². The Morgan fingerprint density at radius 1 is 1.06 bits per heavy atom. The molecule has 3 fully saturated rings. The number of likely N-dealkylation sites (tertiary alicyclic amines) is 2. The molecule has 198 valence electrons. The number of ether oxygens (including phenoxy) is 1. The number of amides is 1. The number of nitrogens with zero attached hydrogens (tertiary/aromatic N) is 3. The van der Waals surface area contributed by atoms with E-state index in [9.17, 15) is 18.7 Å². The predicted octanol–water partition coefficient (Wildman–Crippen LogP) is 4.28. The summed E-state index contributed by atoms with van der Waals surface area (Å²) in [5, 5.41) is 16.8. The summed E-state index contributed by atoms with van der Waals surface area (Å²) in [6.07, 6.45) is 4.29. The van der Waals surface area contributed by atoms with Crippen molar-refractivity contribution < 1.29 is 23.4 Å². The van der Waals surface area contributed by atoms with Gasteiger partial charge in [0.05, 0.1) is 17.9 Å². The lowest BCUT2D eigenvalue weighted by Gasteiger charge is -2.30. The maximum Gasteiger partial charge on any atom is 0.410 e. The summed E-state index contributed by atoms with van der Waals surface area (Å²) in [6.45, 7) is 8.50. The van der Waals surface area contributed by atoms with Crippen LogP contribution >= 0.6 is 13.5 Å². The molecule has 3 aliphatic rings. The van der Waals surface area contributed by atoms with Crippen molar-refractivity contribution in [1.82, 2.24) is 9.80 Å². The van der Waals surface area contributed by atoms with Gasteiger partial charge in [-0.25, -0.2) is 13.6 Å². The number of hydrogen-bond acceptors (Lipinski definition) is 6. The highest BCUT2D eigenvalue weighted by Crippen LogP contribution is 2.27. The van der Waals surface area contributed by atoms with E-state index in [4.69, 9.17) is 10.1 Å². The first-order chi connectivity index (χ1) is 16.2. The predicted molar refractivity (Wildman–Crippen MR) is 139 cm³/mol. The van der Waals surface area contributed by atoms with Crippen LogP contribution < -0.4 is 4.90 Å². The van der Waals surface area contributed by atoms with Gasteiger partial charge in [0, 0.05) is 62.9 Å². The van der Waals surface area contributed by atoms with Crippen LogP contribution in [0, 0.1) is 17.0 Å². The van der Waals surface area contributed by atoms with E-state index in [0.717, 1.165) is 25.9 Å². The normalized spacial score (nSPS) is 19.3. The number of aliphatic hydroxyl groups is 1. The monoisotopic (exact) mass is 514 g/mol. The number of rotatable bonds is 4. The first-order valence-corrected chi connectivity index (χ1v) is 12.4. The third kappa shape index (κ3) is 8.91. The maximum absolute atomic E-state index is 14.3. The lowest BCUT2D eigenvalue weighted by molar-refractivity contribution is 0.0457. The van der Waals surface area contributed by atoms with Crippen LogP contribution in [0.4, 0.5) is 19.3 Å². The first kappa shape index (κ1) is 29.3. The second-order valence-electron chi connectivity index (χ2n) is 9.62. The minimum atomic E-state index is -0.348. The Kier molecular flexibility index (Phi) is 11.7. The van der Waals surface area contributed by atoms with Crippen LogP contribution in [0.3, 0.4) is 0 Å². The fourth-order valence-corrected chi connectivity index (χ4v) is 4.46. The summed E-state index contributed by atoms with van der Waals surface area (Å²) < 4.78 is 33.6. The number of piperidine rings is 2. The smallest absolute Gasteiger partial charge is 0.410 e. The molecule has 3 aliphatic heterocycles. The Balaban J connectivity index is 0.000000268. The molecule has 0 unspecified atom stereocenters. The molecular formula is C25H40F2N4O3S. The van der Waals surface area contributed by atoms with Crippen LogP contribution in [0.2, 0.25) is 0 Å². The van der Waals surface area contributed by atoms with Crippen molar-refractivity contribution in [2.75, 3.05) is 44.2 Å². The molecule has 2 N–H and O–H groups in total. The van der Waals surface area contributed by atoms with Gasteiger partial charge in [-0.05, 0) is 58.7 Å². The summed E-state index contributed by atoms with van der Waals surface area (Å²) in [5.41, 5.74) is 1.48. The number of halogens is 2. The van der Waals surface area contributed by atoms with Crippen molar-refractivity contribution >= 4 is 31.0 Å². The van der Waals surface area contributed by atoms with Crippen LogP contribution in [0.15, 0.2) is 12.1 Å². The third-order valence-electron chi connectivity index (χ3n) is 6.48. The van der Waals surface area contributed by atoms with Gasteiger partial charge < -0.3 is 25.1 Å². The third-order valence-corrected chi connectivity index (χ3v) is 6.48. The quantitative estimate of drug-likeness (QED) is 0.627. The number of hydrogen-bond donors (Lipinski definition) is 2. The van der Waals surface area contributed by atoms with Crippen molar-refractivity contribution in [3.8, 4) is 0 Å². The van der Waals surface area contributed by atoms with Crippen LogP contribution in [0.5, 0.6) is 0 Å². The largest absolute Gasteiger partial charge is 0.447 e. The number of carbonyl (C=O) groups is 1. The molecule has 1 aromatic rings. The molecule has 35 heavy (non-hydrogen) atoms. The van der Waals surface area contributed by atoms with Gasteiger partial charge in [0.2, 0.25) is 0 Å². The van der Waals surface area contributed by atoms with Gasteiger partial charge in [0.15, 0.2) is 0 Å². The van der Waals surface area contributed by atoms with E-state index < -0.39 is 0 Å². The second-order valence-corrected chi connectivity index (χ2v) is 9.62. The molecule has 0 radical (unpaired) electrons. The molecule has 1 amide bonds. The molecule has 3 saturated heterocycles. The topological polar surface area (TPSA) is 80.1 Å². The highest BCUT2D eigenvalue weighted by Gasteiger charge is 2.23. The SMILES string of the molecule is CC(C)OC(=O)N1CCC(O)CC1.N=C1CCN(c2cc(F)c(CN3CCCC3)cc2F)CC1.S. The zero-order chi connectivity index (χ0) is 24.7. The van der Waals surface area contributed by atoms with E-state index in [0.29, 0.717) is 75.4 Å². The van der Waals surface area contributed by atoms with Gasteiger partial charge in [-0.15, -0.1) is 0 Å². The van der Waals surface area contributed by atoms with Gasteiger partial charge in [0.25, 0.3) is 0 Å². The lowest BCUT2D eigenvalue weighted by atomic mass is 10.1. The highest BCUT2D eigenvalue weighted by atomic mass is 32.1. The summed E-state index contributed by atoms with van der Waals surface area (Å²) in [6, 6.07) is 2.68. The summed E-state index contributed by atoms with van der Waals surface area (Å²) >= 11 is 0. The molecule has 0 aromatic heterocycles. The lowest BCUT2D eigenvalue weighted by Crippen LogP contribution is -2.41. The van der Waals surface area contributed by atoms with E-state index in [2.05, 4.69) is 4.90 Å². The van der Waals surface area contributed by atoms with Gasteiger partial charge in [-0.2, -0.15) is 13.5 Å². The fourth-order valence-electron chi connectivity index (χ4n) is 4.46. The Bertz CT molecular complexity index is 834. The molecule has 0 bridgehead atoms. The molecule has 10 heteroatoms. The van der Waals surface area contributed by atoms with E-state index in [1.54, 1.807) is 4.90 Å². The summed E-state index contributed by atoms with van der Waals surface area (Å²) in [7, 11) is 0. The van der Waals surface area contributed by atoms with Crippen molar-refractivity contribution in [2.45, 2.75) is 71.1 Å². The highest BCUT2D eigenvalue weighted by molar-refractivity contribution is 7.59. The Hall–Kier alpha value is -1.91. The van der Waals surface area contributed by atoms with E-state index >= 15 is 0 Å². The Labute approximate surface area is 214 Å². The molecule has 3 heterocycles. The number of aliphatic hydroxyl groups excluding tert-OH is 1. The summed E-state index contributed by atoms with van der Waals surface area (Å²) in [5.74, 6) is -0.669. The molecule has 0 saturated carbocycles. The van der Waals surface area contributed by atoms with Gasteiger partial charge in [0.1, 0.15) is 11.6 Å². The molecule has 1 aromatic carbocycles. The zero-order valence-electron chi connectivity index (χ0n) is 20.9. The zero-order valence-corrected chi connectivity index (χ0v) is 21.9. The number of anilines is 1. The Morgan fingerprint density at radius 3 is 2.23 bits per heavy atom. The minimum Gasteiger partial charge on any atom is -0.447 e. The van der Waals surface area contributed by atoms with Crippen molar-refractivity contribution in [2.24, 2.45) is 0 Å². The van der Waals surface area contributed by atoms with E-state index in [-0.39, 0.29) is 43.4 Å². The number of benzene rings is 1. The van der Waals surface area contributed by atoms with E-state index in [1.807, 2.05) is 18.7 Å². The minimum absolute atomic E-state index is 0.